The van der Waals surface area contributed by atoms with E-state index in [4.69, 9.17) is 0 Å². The van der Waals surface area contributed by atoms with Crippen LogP contribution in [0, 0.1) is 20.6 Å². The Labute approximate surface area is 157 Å². The third-order valence-corrected chi connectivity index (χ3v) is 4.08. The minimum Gasteiger partial charge on any atom is -0.334 e. The smallest absolute Gasteiger partial charge is 0.334 e. The number of anilines is 4. The van der Waals surface area contributed by atoms with Crippen molar-refractivity contribution in [1.29, 1.82) is 0 Å². The summed E-state index contributed by atoms with van der Waals surface area (Å²) in [5.74, 6) is 0.691. The maximum Gasteiger partial charge on any atom is 0.353 e. The first-order chi connectivity index (χ1) is 12.0. The molecule has 8 nitrogen and oxygen atoms in total. The van der Waals surface area contributed by atoms with Crippen molar-refractivity contribution in [2.24, 2.45) is 0 Å². The van der Waals surface area contributed by atoms with E-state index in [9.17, 15) is 10.1 Å². The van der Waals surface area contributed by atoms with Gasteiger partial charge in [0.05, 0.1) is 4.92 Å². The number of hydrogen-bond acceptors (Lipinski definition) is 7. The van der Waals surface area contributed by atoms with Crippen molar-refractivity contribution < 1.29 is 4.92 Å². The van der Waals surface area contributed by atoms with Gasteiger partial charge in [0.1, 0.15) is 12.1 Å². The lowest BCUT2D eigenvalue weighted by Crippen LogP contribution is -2.06. The number of aryl methyl sites for hydroxylation is 1. The van der Waals surface area contributed by atoms with Gasteiger partial charge in [0.15, 0.2) is 0 Å². The van der Waals surface area contributed by atoms with Gasteiger partial charge >= 0.3 is 5.69 Å². The van der Waals surface area contributed by atoms with Crippen LogP contribution in [0.15, 0.2) is 48.9 Å². The molecule has 0 unspecified atom stereocenters. The van der Waals surface area contributed by atoms with E-state index in [1.54, 1.807) is 12.3 Å². The van der Waals surface area contributed by atoms with Crippen LogP contribution in [0.5, 0.6) is 0 Å². The summed E-state index contributed by atoms with van der Waals surface area (Å²) < 4.78 is 1.06. The number of nitrogens with one attached hydrogen (secondary N) is 2. The molecule has 2 N–H and O–H groups in total. The molecule has 0 saturated heterocycles. The lowest BCUT2D eigenvalue weighted by atomic mass is 10.3. The van der Waals surface area contributed by atoms with Crippen LogP contribution in [-0.4, -0.2) is 19.9 Å². The highest BCUT2D eigenvalue weighted by atomic mass is 127. The molecule has 0 amide bonds. The minimum absolute atomic E-state index is 0.0785. The van der Waals surface area contributed by atoms with Gasteiger partial charge in [-0.2, -0.15) is 0 Å². The first kappa shape index (κ1) is 17.0. The van der Waals surface area contributed by atoms with Gasteiger partial charge < -0.3 is 10.6 Å². The van der Waals surface area contributed by atoms with E-state index in [2.05, 4.69) is 48.2 Å². The van der Waals surface area contributed by atoms with Crippen LogP contribution >= 0.6 is 22.6 Å². The molecule has 0 spiro atoms. The van der Waals surface area contributed by atoms with E-state index < -0.39 is 4.92 Å². The standard InChI is InChI=1S/C16H13IN6O2/c1-10-3-2-8-18-14(10)22-16-13(23(24)25)15(19-9-20-16)21-12-6-4-11(17)5-7-12/h2-9H,1H3,(H2,18,19,20,21,22). The number of nitro groups is 1. The molecule has 0 aliphatic rings. The van der Waals surface area contributed by atoms with Crippen molar-refractivity contribution >= 4 is 51.4 Å². The summed E-state index contributed by atoms with van der Waals surface area (Å²) in [6.45, 7) is 1.85. The van der Waals surface area contributed by atoms with E-state index in [1.165, 1.54) is 6.33 Å². The van der Waals surface area contributed by atoms with Crippen LogP contribution in [0.2, 0.25) is 0 Å². The predicted octanol–water partition coefficient (Wildman–Crippen LogP) is 4.18. The van der Waals surface area contributed by atoms with Crippen LogP contribution in [-0.2, 0) is 0 Å². The van der Waals surface area contributed by atoms with E-state index in [-0.39, 0.29) is 17.3 Å². The van der Waals surface area contributed by atoms with Crippen molar-refractivity contribution in [1.82, 2.24) is 15.0 Å². The van der Waals surface area contributed by atoms with Gasteiger partial charge in [-0.15, -0.1) is 0 Å². The molecule has 0 aliphatic carbocycles. The molecule has 2 aromatic heterocycles. The van der Waals surface area contributed by atoms with Gasteiger partial charge in [0.2, 0.25) is 11.6 Å². The molecule has 0 bridgehead atoms. The second-order valence-electron chi connectivity index (χ2n) is 5.10. The van der Waals surface area contributed by atoms with Crippen molar-refractivity contribution in [2.45, 2.75) is 6.92 Å². The summed E-state index contributed by atoms with van der Waals surface area (Å²) >= 11 is 2.19. The molecular weight excluding hydrogens is 435 g/mol. The van der Waals surface area contributed by atoms with Crippen molar-refractivity contribution in [3.8, 4) is 0 Å². The zero-order valence-electron chi connectivity index (χ0n) is 13.1. The first-order valence-corrected chi connectivity index (χ1v) is 8.33. The summed E-state index contributed by atoms with van der Waals surface area (Å²) in [5.41, 5.74) is 1.30. The average Bonchev–Trinajstić information content (AvgIpc) is 2.59. The molecule has 126 valence electrons. The van der Waals surface area contributed by atoms with E-state index in [0.29, 0.717) is 11.5 Å². The third-order valence-electron chi connectivity index (χ3n) is 3.36. The molecule has 1 aromatic carbocycles. The van der Waals surface area contributed by atoms with E-state index >= 15 is 0 Å². The predicted molar refractivity (Wildman–Crippen MR) is 103 cm³/mol. The molecule has 3 aromatic rings. The molecule has 0 radical (unpaired) electrons. The van der Waals surface area contributed by atoms with Crippen LogP contribution in [0.25, 0.3) is 0 Å². The Bertz CT molecular complexity index is 917. The van der Waals surface area contributed by atoms with E-state index in [1.807, 2.05) is 37.3 Å². The SMILES string of the molecule is Cc1cccnc1Nc1ncnc(Nc2ccc(I)cc2)c1[N+](=O)[O-]. The summed E-state index contributed by atoms with van der Waals surface area (Å²) in [4.78, 5) is 23.3. The van der Waals surface area contributed by atoms with Crippen molar-refractivity contribution in [3.05, 3.63) is 68.2 Å². The molecule has 2 heterocycles. The van der Waals surface area contributed by atoms with Gasteiger partial charge in [-0.05, 0) is 65.4 Å². The largest absolute Gasteiger partial charge is 0.353 e. The van der Waals surface area contributed by atoms with Gasteiger partial charge in [-0.1, -0.05) is 6.07 Å². The normalized spacial score (nSPS) is 10.3. The Morgan fingerprint density at radius 3 is 2.32 bits per heavy atom. The maximum absolute atomic E-state index is 11.6. The summed E-state index contributed by atoms with van der Waals surface area (Å²) in [6.07, 6.45) is 2.87. The Morgan fingerprint density at radius 1 is 1.00 bits per heavy atom. The summed E-state index contributed by atoms with van der Waals surface area (Å²) in [5, 5.41) is 17.5. The van der Waals surface area contributed by atoms with Gasteiger partial charge in [-0.25, -0.2) is 15.0 Å². The molecule has 9 heteroatoms. The fraction of sp³-hybridized carbons (Fsp3) is 0.0625. The van der Waals surface area contributed by atoms with E-state index in [0.717, 1.165) is 9.13 Å². The van der Waals surface area contributed by atoms with Gasteiger partial charge in [0, 0.05) is 15.5 Å². The van der Waals surface area contributed by atoms with Gasteiger partial charge in [-0.3, -0.25) is 10.1 Å². The van der Waals surface area contributed by atoms with Crippen molar-refractivity contribution in [2.75, 3.05) is 10.6 Å². The zero-order chi connectivity index (χ0) is 17.8. The Hall–Kier alpha value is -2.82. The number of hydrogen-bond donors (Lipinski definition) is 2. The highest BCUT2D eigenvalue weighted by molar-refractivity contribution is 14.1. The average molecular weight is 448 g/mol. The quantitative estimate of drug-likeness (QED) is 0.343. The first-order valence-electron chi connectivity index (χ1n) is 7.25. The number of benzene rings is 1. The van der Waals surface area contributed by atoms with Crippen LogP contribution in [0.4, 0.5) is 28.8 Å². The Kier molecular flexibility index (Phi) is 5.03. The topological polar surface area (TPSA) is 106 Å². The number of aromatic nitrogens is 3. The summed E-state index contributed by atoms with van der Waals surface area (Å²) in [7, 11) is 0. The molecule has 0 aliphatic heterocycles. The molecule has 0 fully saturated rings. The van der Waals surface area contributed by atoms with Crippen molar-refractivity contribution in [3.63, 3.8) is 0 Å². The number of pyridine rings is 1. The molecule has 25 heavy (non-hydrogen) atoms. The fourth-order valence-electron chi connectivity index (χ4n) is 2.13. The lowest BCUT2D eigenvalue weighted by molar-refractivity contribution is -0.383. The fourth-order valence-corrected chi connectivity index (χ4v) is 2.49. The molecule has 3 rings (SSSR count). The Balaban J connectivity index is 1.98. The van der Waals surface area contributed by atoms with Crippen LogP contribution < -0.4 is 10.6 Å². The highest BCUT2D eigenvalue weighted by Crippen LogP contribution is 2.33. The maximum atomic E-state index is 11.6. The lowest BCUT2D eigenvalue weighted by Gasteiger charge is -2.10. The third kappa shape index (κ3) is 3.99. The monoisotopic (exact) mass is 448 g/mol. The second kappa shape index (κ2) is 7.38. The molecule has 0 saturated carbocycles. The van der Waals surface area contributed by atoms with Crippen LogP contribution in [0.1, 0.15) is 5.56 Å². The second-order valence-corrected chi connectivity index (χ2v) is 6.35. The number of rotatable bonds is 5. The Morgan fingerprint density at radius 2 is 1.68 bits per heavy atom. The highest BCUT2D eigenvalue weighted by Gasteiger charge is 2.23. The molecular formula is C16H13IN6O2. The summed E-state index contributed by atoms with van der Waals surface area (Å²) in [6, 6.07) is 11.1. The van der Waals surface area contributed by atoms with Crippen LogP contribution in [0.3, 0.4) is 0 Å². The number of halogens is 1. The zero-order valence-corrected chi connectivity index (χ0v) is 15.3. The molecule has 0 atom stereocenters. The number of nitrogens with zero attached hydrogens (tertiary/aromatic N) is 4. The van der Waals surface area contributed by atoms with Gasteiger partial charge in [0.25, 0.3) is 0 Å². The minimum atomic E-state index is -0.518.